The average Bonchev–Trinajstić information content (AvgIpc) is 3.09. The van der Waals surface area contributed by atoms with Crippen LogP contribution in [0.4, 0.5) is 18.0 Å². The molecule has 128 valence electrons. The van der Waals surface area contributed by atoms with E-state index in [2.05, 4.69) is 11.4 Å². The fourth-order valence-electron chi connectivity index (χ4n) is 4.04. The predicted octanol–water partition coefficient (Wildman–Crippen LogP) is 2.17. The van der Waals surface area contributed by atoms with E-state index in [0.717, 1.165) is 0 Å². The first-order chi connectivity index (χ1) is 10.7. The molecule has 0 radical (unpaired) electrons. The summed E-state index contributed by atoms with van der Waals surface area (Å²) in [6.07, 6.45) is -2.40. The number of hydrogen-bond acceptors (Lipinski definition) is 3. The van der Waals surface area contributed by atoms with E-state index < -0.39 is 23.2 Å². The van der Waals surface area contributed by atoms with E-state index in [9.17, 15) is 28.3 Å². The Morgan fingerprint density at radius 3 is 2.22 bits per heavy atom. The maximum atomic E-state index is 13.1. The van der Waals surface area contributed by atoms with Crippen LogP contribution < -0.4 is 5.32 Å². The van der Waals surface area contributed by atoms with Gasteiger partial charge in [-0.1, -0.05) is 0 Å². The molecule has 1 atom stereocenters. The number of aliphatic hydroxyl groups is 1. The van der Waals surface area contributed by atoms with Crippen molar-refractivity contribution in [3.63, 3.8) is 0 Å². The zero-order valence-electron chi connectivity index (χ0n) is 12.7. The number of carbonyl (C=O) groups excluding carboxylic acids is 1. The summed E-state index contributed by atoms with van der Waals surface area (Å²) < 4.78 is 39.3. The van der Waals surface area contributed by atoms with Crippen LogP contribution in [0.25, 0.3) is 0 Å². The molecule has 1 spiro atoms. The third-order valence-electron chi connectivity index (χ3n) is 6.12. The molecule has 2 saturated carbocycles. The molecule has 3 fully saturated rings. The molecule has 1 unspecified atom stereocenters. The number of nitrogens with zero attached hydrogens (tertiary/aromatic N) is 2. The van der Waals surface area contributed by atoms with Gasteiger partial charge in [0.1, 0.15) is 5.54 Å². The topological polar surface area (TPSA) is 76.4 Å². The molecule has 23 heavy (non-hydrogen) atoms. The van der Waals surface area contributed by atoms with Crippen molar-refractivity contribution in [1.82, 2.24) is 10.2 Å². The summed E-state index contributed by atoms with van der Waals surface area (Å²) >= 11 is 0. The second kappa shape index (κ2) is 5.00. The Labute approximate surface area is 132 Å². The highest BCUT2D eigenvalue weighted by Crippen LogP contribution is 2.68. The summed E-state index contributed by atoms with van der Waals surface area (Å²) in [5.41, 5.74) is -3.07. The van der Waals surface area contributed by atoms with Gasteiger partial charge in [-0.25, -0.2) is 4.79 Å². The van der Waals surface area contributed by atoms with E-state index in [0.29, 0.717) is 38.8 Å². The molecular formula is C15H20F3N3O2. The monoisotopic (exact) mass is 331 g/mol. The number of nitriles is 1. The smallest absolute Gasteiger partial charge is 0.395 e. The first-order valence-corrected chi connectivity index (χ1v) is 7.89. The van der Waals surface area contributed by atoms with Crippen LogP contribution >= 0.6 is 0 Å². The van der Waals surface area contributed by atoms with Crippen LogP contribution in [0.1, 0.15) is 38.5 Å². The van der Waals surface area contributed by atoms with E-state index in [-0.39, 0.29) is 24.9 Å². The average molecular weight is 331 g/mol. The highest BCUT2D eigenvalue weighted by molar-refractivity contribution is 5.75. The van der Waals surface area contributed by atoms with Gasteiger partial charge in [0, 0.05) is 13.1 Å². The number of piperidine rings is 1. The first-order valence-electron chi connectivity index (χ1n) is 7.89. The van der Waals surface area contributed by atoms with Gasteiger partial charge in [0.2, 0.25) is 0 Å². The molecule has 0 aromatic heterocycles. The number of carbonyl (C=O) groups is 1. The quantitative estimate of drug-likeness (QED) is 0.814. The van der Waals surface area contributed by atoms with Crippen LogP contribution in [-0.4, -0.2) is 47.4 Å². The molecule has 0 aromatic carbocycles. The maximum absolute atomic E-state index is 13.1. The highest BCUT2D eigenvalue weighted by Gasteiger charge is 2.68. The minimum atomic E-state index is -4.43. The number of nitrogens with one attached hydrogen (secondary N) is 1. The van der Waals surface area contributed by atoms with Crippen molar-refractivity contribution < 1.29 is 23.1 Å². The SMILES string of the molecule is N#CC1(CO)CC12CCN(C(=O)NC1(C(F)(F)F)CCC1)CC2. The van der Waals surface area contributed by atoms with Crippen molar-refractivity contribution in [1.29, 1.82) is 5.26 Å². The molecule has 8 heteroatoms. The molecule has 0 aromatic rings. The number of aliphatic hydroxyl groups excluding tert-OH is 1. The van der Waals surface area contributed by atoms with Gasteiger partial charge >= 0.3 is 12.2 Å². The van der Waals surface area contributed by atoms with Crippen LogP contribution in [-0.2, 0) is 0 Å². The lowest BCUT2D eigenvalue weighted by Crippen LogP contribution is -2.65. The van der Waals surface area contributed by atoms with E-state index in [4.69, 9.17) is 0 Å². The van der Waals surface area contributed by atoms with Crippen LogP contribution in [0.5, 0.6) is 0 Å². The largest absolute Gasteiger partial charge is 0.411 e. The lowest BCUT2D eigenvalue weighted by atomic mass is 9.76. The predicted molar refractivity (Wildman–Crippen MR) is 74.2 cm³/mol. The van der Waals surface area contributed by atoms with Crippen LogP contribution in [0.2, 0.25) is 0 Å². The third-order valence-corrected chi connectivity index (χ3v) is 6.12. The van der Waals surface area contributed by atoms with Crippen molar-refractivity contribution in [2.45, 2.75) is 50.2 Å². The van der Waals surface area contributed by atoms with Gasteiger partial charge in [-0.3, -0.25) is 0 Å². The Balaban J connectivity index is 1.59. The summed E-state index contributed by atoms with van der Waals surface area (Å²) in [5.74, 6) is 0. The van der Waals surface area contributed by atoms with Gasteiger partial charge in [-0.05, 0) is 43.9 Å². The standard InChI is InChI=1S/C15H20F3N3O2/c16-15(17,18)14(2-1-3-14)20-11(23)21-6-4-12(5-7-21)8-13(12,9-19)10-22/h22H,1-8,10H2,(H,20,23). The minimum absolute atomic E-state index is 0.0674. The number of halogens is 3. The molecule has 1 saturated heterocycles. The van der Waals surface area contributed by atoms with Gasteiger partial charge in [0.25, 0.3) is 0 Å². The highest BCUT2D eigenvalue weighted by atomic mass is 19.4. The lowest BCUT2D eigenvalue weighted by molar-refractivity contribution is -0.215. The molecule has 2 amide bonds. The third kappa shape index (κ3) is 2.28. The zero-order valence-corrected chi connectivity index (χ0v) is 12.7. The van der Waals surface area contributed by atoms with E-state index in [1.165, 1.54) is 4.90 Å². The molecule has 3 rings (SSSR count). The number of likely N-dealkylation sites (tertiary alicyclic amines) is 1. The van der Waals surface area contributed by atoms with Gasteiger partial charge in [-0.2, -0.15) is 18.4 Å². The summed E-state index contributed by atoms with van der Waals surface area (Å²) in [6.45, 7) is 0.444. The summed E-state index contributed by atoms with van der Waals surface area (Å²) in [6, 6.07) is 1.49. The molecule has 1 aliphatic heterocycles. The van der Waals surface area contributed by atoms with Gasteiger partial charge in [-0.15, -0.1) is 0 Å². The summed E-state index contributed by atoms with van der Waals surface area (Å²) in [7, 11) is 0. The Bertz CT molecular complexity index is 545. The summed E-state index contributed by atoms with van der Waals surface area (Å²) in [5, 5.41) is 20.8. The lowest BCUT2D eigenvalue weighted by Gasteiger charge is -2.45. The second-order valence-corrected chi connectivity index (χ2v) is 7.16. The van der Waals surface area contributed by atoms with Crippen molar-refractivity contribution in [3.8, 4) is 6.07 Å². The van der Waals surface area contributed by atoms with E-state index in [1.807, 2.05) is 0 Å². The molecule has 0 bridgehead atoms. The fraction of sp³-hybridized carbons (Fsp3) is 0.867. The number of urea groups is 1. The maximum Gasteiger partial charge on any atom is 0.411 e. The Hall–Kier alpha value is -1.49. The van der Waals surface area contributed by atoms with Gasteiger partial charge in [0.05, 0.1) is 18.1 Å². The van der Waals surface area contributed by atoms with Crippen LogP contribution in [0, 0.1) is 22.2 Å². The Morgan fingerprint density at radius 1 is 1.26 bits per heavy atom. The summed E-state index contributed by atoms with van der Waals surface area (Å²) in [4.78, 5) is 13.6. The van der Waals surface area contributed by atoms with Gasteiger partial charge in [0.15, 0.2) is 0 Å². The number of amides is 2. The molecule has 5 nitrogen and oxygen atoms in total. The van der Waals surface area contributed by atoms with Crippen LogP contribution in [0.3, 0.4) is 0 Å². The van der Waals surface area contributed by atoms with Gasteiger partial charge < -0.3 is 15.3 Å². The van der Waals surface area contributed by atoms with Crippen molar-refractivity contribution in [2.75, 3.05) is 19.7 Å². The zero-order chi connectivity index (χ0) is 16.9. The molecular weight excluding hydrogens is 311 g/mol. The molecule has 2 aliphatic carbocycles. The first kappa shape index (κ1) is 16.4. The van der Waals surface area contributed by atoms with Crippen LogP contribution in [0.15, 0.2) is 0 Å². The Kier molecular flexibility index (Phi) is 3.56. The van der Waals surface area contributed by atoms with Crippen molar-refractivity contribution in [3.05, 3.63) is 0 Å². The van der Waals surface area contributed by atoms with Crippen molar-refractivity contribution in [2.24, 2.45) is 10.8 Å². The minimum Gasteiger partial charge on any atom is -0.395 e. The number of alkyl halides is 3. The normalized spacial score (nSPS) is 31.2. The Morgan fingerprint density at radius 2 is 1.87 bits per heavy atom. The van der Waals surface area contributed by atoms with Crippen molar-refractivity contribution >= 4 is 6.03 Å². The van der Waals surface area contributed by atoms with E-state index >= 15 is 0 Å². The number of hydrogen-bond donors (Lipinski definition) is 2. The second-order valence-electron chi connectivity index (χ2n) is 7.16. The molecule has 2 N–H and O–H groups in total. The molecule has 1 heterocycles. The number of rotatable bonds is 2. The molecule has 3 aliphatic rings. The van der Waals surface area contributed by atoms with E-state index in [1.54, 1.807) is 0 Å². The fourth-order valence-corrected chi connectivity index (χ4v) is 4.04.